The average Bonchev–Trinajstić information content (AvgIpc) is 2.92. The summed E-state index contributed by atoms with van der Waals surface area (Å²) < 4.78 is 11.2. The van der Waals surface area contributed by atoms with Crippen LogP contribution in [0, 0.1) is 0 Å². The Morgan fingerprint density at radius 1 is 1.33 bits per heavy atom. The molecule has 0 atom stereocenters. The first kappa shape index (κ1) is 10.6. The van der Waals surface area contributed by atoms with Crippen LogP contribution >= 0.6 is 11.6 Å². The van der Waals surface area contributed by atoms with Crippen molar-refractivity contribution in [3.63, 3.8) is 0 Å². The van der Waals surface area contributed by atoms with E-state index in [9.17, 15) is 0 Å². The third kappa shape index (κ3) is 3.03. The average molecular weight is 227 g/mol. The van der Waals surface area contributed by atoms with E-state index in [1.807, 2.05) is 26.0 Å². The summed E-state index contributed by atoms with van der Waals surface area (Å²) in [6.07, 6.45) is 2.82. The monoisotopic (exact) mass is 226 g/mol. The topological polar surface area (TPSA) is 18.5 Å². The molecule has 1 fully saturated rings. The van der Waals surface area contributed by atoms with Crippen LogP contribution in [0.4, 0.5) is 0 Å². The summed E-state index contributed by atoms with van der Waals surface area (Å²) >= 11 is 6.08. The van der Waals surface area contributed by atoms with Gasteiger partial charge in [-0.2, -0.15) is 0 Å². The number of rotatable bonds is 4. The number of hydrogen-bond acceptors (Lipinski definition) is 2. The zero-order valence-corrected chi connectivity index (χ0v) is 9.75. The van der Waals surface area contributed by atoms with Crippen molar-refractivity contribution in [2.75, 3.05) is 0 Å². The molecule has 0 bridgehead atoms. The molecule has 1 aliphatic rings. The Morgan fingerprint density at radius 2 is 2.07 bits per heavy atom. The van der Waals surface area contributed by atoms with E-state index in [4.69, 9.17) is 21.1 Å². The van der Waals surface area contributed by atoms with E-state index in [2.05, 4.69) is 0 Å². The normalized spacial score (nSPS) is 15.5. The number of benzene rings is 1. The van der Waals surface area contributed by atoms with E-state index in [0.29, 0.717) is 11.1 Å². The SMILES string of the molecule is CC(C)Oc1ccc(OC2CC2)c(Cl)c1. The number of ether oxygens (including phenoxy) is 2. The molecule has 0 heterocycles. The van der Waals surface area contributed by atoms with Crippen molar-refractivity contribution < 1.29 is 9.47 Å². The molecular formula is C12H15ClO2. The lowest BCUT2D eigenvalue weighted by Gasteiger charge is -2.12. The predicted octanol–water partition coefficient (Wildman–Crippen LogP) is 3.67. The van der Waals surface area contributed by atoms with E-state index in [1.54, 1.807) is 6.07 Å². The lowest BCUT2D eigenvalue weighted by molar-refractivity contribution is 0.241. The third-order valence-corrected chi connectivity index (χ3v) is 2.39. The Kier molecular flexibility index (Phi) is 3.06. The standard InChI is InChI=1S/C12H15ClO2/c1-8(2)14-10-5-6-12(11(13)7-10)15-9-3-4-9/h5-9H,3-4H2,1-2H3. The van der Waals surface area contributed by atoms with E-state index in [-0.39, 0.29) is 6.10 Å². The summed E-state index contributed by atoms with van der Waals surface area (Å²) in [4.78, 5) is 0. The zero-order valence-electron chi connectivity index (χ0n) is 9.00. The van der Waals surface area contributed by atoms with Gasteiger partial charge in [0.2, 0.25) is 0 Å². The molecule has 0 amide bonds. The van der Waals surface area contributed by atoms with Crippen molar-refractivity contribution in [2.45, 2.75) is 38.9 Å². The molecule has 0 unspecified atom stereocenters. The van der Waals surface area contributed by atoms with Gasteiger partial charge in [0.05, 0.1) is 17.2 Å². The minimum Gasteiger partial charge on any atom is -0.491 e. The Bertz CT molecular complexity index is 345. The summed E-state index contributed by atoms with van der Waals surface area (Å²) in [6.45, 7) is 3.98. The van der Waals surface area contributed by atoms with Crippen molar-refractivity contribution in [3.8, 4) is 11.5 Å². The van der Waals surface area contributed by atoms with Crippen LogP contribution in [-0.4, -0.2) is 12.2 Å². The highest BCUT2D eigenvalue weighted by atomic mass is 35.5. The fourth-order valence-corrected chi connectivity index (χ4v) is 1.50. The highest BCUT2D eigenvalue weighted by molar-refractivity contribution is 6.32. The molecule has 2 nitrogen and oxygen atoms in total. The molecule has 0 N–H and O–H groups in total. The fourth-order valence-electron chi connectivity index (χ4n) is 1.29. The van der Waals surface area contributed by atoms with Crippen LogP contribution in [0.15, 0.2) is 18.2 Å². The fraction of sp³-hybridized carbons (Fsp3) is 0.500. The largest absolute Gasteiger partial charge is 0.491 e. The second kappa shape index (κ2) is 4.31. The van der Waals surface area contributed by atoms with E-state index < -0.39 is 0 Å². The van der Waals surface area contributed by atoms with Crippen molar-refractivity contribution in [2.24, 2.45) is 0 Å². The molecule has 0 aromatic heterocycles. The molecular weight excluding hydrogens is 212 g/mol. The van der Waals surface area contributed by atoms with E-state index >= 15 is 0 Å². The molecule has 3 heteroatoms. The van der Waals surface area contributed by atoms with Crippen LogP contribution in [0.25, 0.3) is 0 Å². The molecule has 82 valence electrons. The molecule has 15 heavy (non-hydrogen) atoms. The summed E-state index contributed by atoms with van der Waals surface area (Å²) in [7, 11) is 0. The molecule has 1 aliphatic carbocycles. The van der Waals surface area contributed by atoms with Gasteiger partial charge in [0.1, 0.15) is 11.5 Å². The number of halogens is 1. The van der Waals surface area contributed by atoms with Crippen LogP contribution < -0.4 is 9.47 Å². The minimum absolute atomic E-state index is 0.163. The lowest BCUT2D eigenvalue weighted by atomic mass is 10.3. The third-order valence-electron chi connectivity index (χ3n) is 2.09. The quantitative estimate of drug-likeness (QED) is 0.780. The van der Waals surface area contributed by atoms with Crippen molar-refractivity contribution in [1.82, 2.24) is 0 Å². The molecule has 0 saturated heterocycles. The Hall–Kier alpha value is -0.890. The van der Waals surface area contributed by atoms with Gasteiger partial charge in [-0.05, 0) is 38.8 Å². The van der Waals surface area contributed by atoms with Gasteiger partial charge >= 0.3 is 0 Å². The van der Waals surface area contributed by atoms with Crippen LogP contribution in [0.5, 0.6) is 11.5 Å². The first-order valence-corrected chi connectivity index (χ1v) is 5.66. The van der Waals surface area contributed by atoms with Crippen LogP contribution in [0.1, 0.15) is 26.7 Å². The van der Waals surface area contributed by atoms with Crippen molar-refractivity contribution >= 4 is 11.6 Å². The molecule has 1 aromatic carbocycles. The van der Waals surface area contributed by atoms with Crippen LogP contribution in [0.2, 0.25) is 5.02 Å². The summed E-state index contributed by atoms with van der Waals surface area (Å²) in [5.41, 5.74) is 0. The second-order valence-electron chi connectivity index (χ2n) is 4.08. The zero-order chi connectivity index (χ0) is 10.8. The van der Waals surface area contributed by atoms with Crippen LogP contribution in [-0.2, 0) is 0 Å². The molecule has 0 spiro atoms. The Labute approximate surface area is 95.1 Å². The molecule has 2 rings (SSSR count). The van der Waals surface area contributed by atoms with Gasteiger partial charge < -0.3 is 9.47 Å². The van der Waals surface area contributed by atoms with Gasteiger partial charge in [-0.3, -0.25) is 0 Å². The van der Waals surface area contributed by atoms with Gasteiger partial charge in [-0.25, -0.2) is 0 Å². The van der Waals surface area contributed by atoms with Gasteiger partial charge in [-0.1, -0.05) is 11.6 Å². The van der Waals surface area contributed by atoms with Crippen molar-refractivity contribution in [3.05, 3.63) is 23.2 Å². The second-order valence-corrected chi connectivity index (χ2v) is 4.48. The Morgan fingerprint density at radius 3 is 2.60 bits per heavy atom. The molecule has 0 radical (unpaired) electrons. The van der Waals surface area contributed by atoms with E-state index in [1.165, 1.54) is 0 Å². The van der Waals surface area contributed by atoms with E-state index in [0.717, 1.165) is 24.3 Å². The van der Waals surface area contributed by atoms with Gasteiger partial charge in [0.25, 0.3) is 0 Å². The maximum Gasteiger partial charge on any atom is 0.138 e. The van der Waals surface area contributed by atoms with Crippen molar-refractivity contribution in [1.29, 1.82) is 0 Å². The lowest BCUT2D eigenvalue weighted by Crippen LogP contribution is -2.05. The maximum absolute atomic E-state index is 6.08. The predicted molar refractivity (Wildman–Crippen MR) is 60.9 cm³/mol. The number of hydrogen-bond donors (Lipinski definition) is 0. The van der Waals surface area contributed by atoms with Crippen LogP contribution in [0.3, 0.4) is 0 Å². The summed E-state index contributed by atoms with van der Waals surface area (Å²) in [5, 5.41) is 0.625. The van der Waals surface area contributed by atoms with Gasteiger partial charge in [0.15, 0.2) is 0 Å². The van der Waals surface area contributed by atoms with Gasteiger partial charge in [0, 0.05) is 6.07 Å². The highest BCUT2D eigenvalue weighted by Gasteiger charge is 2.24. The first-order valence-electron chi connectivity index (χ1n) is 5.28. The molecule has 1 aromatic rings. The van der Waals surface area contributed by atoms with Gasteiger partial charge in [-0.15, -0.1) is 0 Å². The minimum atomic E-state index is 0.163. The smallest absolute Gasteiger partial charge is 0.138 e. The molecule has 1 saturated carbocycles. The summed E-state index contributed by atoms with van der Waals surface area (Å²) in [6, 6.07) is 5.57. The first-order chi connectivity index (χ1) is 7.15. The summed E-state index contributed by atoms with van der Waals surface area (Å²) in [5.74, 6) is 1.55. The molecule has 0 aliphatic heterocycles. The Balaban J connectivity index is 2.07. The highest BCUT2D eigenvalue weighted by Crippen LogP contribution is 2.34. The maximum atomic E-state index is 6.08.